The van der Waals surface area contributed by atoms with Gasteiger partial charge < -0.3 is 20.5 Å². The topological polar surface area (TPSA) is 93.2 Å². The Kier molecular flexibility index (Phi) is 7.96. The number of nitrogens with two attached hydrogens (primary N) is 1. The van der Waals surface area contributed by atoms with Gasteiger partial charge in [0.2, 0.25) is 11.8 Å². The molecule has 1 aromatic heterocycles. The number of benzene rings is 2. The van der Waals surface area contributed by atoms with Gasteiger partial charge in [0.05, 0.1) is 30.0 Å². The highest BCUT2D eigenvalue weighted by atomic mass is 32.2. The van der Waals surface area contributed by atoms with Crippen LogP contribution in [0.25, 0.3) is 0 Å². The maximum Gasteiger partial charge on any atom is 0.243 e. The zero-order valence-corrected chi connectivity index (χ0v) is 22.1. The molecule has 2 amide bonds. The summed E-state index contributed by atoms with van der Waals surface area (Å²) >= 11 is 1.50. The number of aryl methyl sites for hydroxylation is 1. The third-order valence-corrected chi connectivity index (χ3v) is 8.56. The first-order valence-electron chi connectivity index (χ1n) is 13.1. The third-order valence-electron chi connectivity index (χ3n) is 7.56. The lowest BCUT2D eigenvalue weighted by Gasteiger charge is -2.36. The summed E-state index contributed by atoms with van der Waals surface area (Å²) in [5.41, 5.74) is 10.4. The molecule has 0 bridgehead atoms. The largest absolute Gasteiger partial charge is 0.352 e. The molecule has 2 heterocycles. The van der Waals surface area contributed by atoms with Crippen LogP contribution in [0, 0.1) is 6.92 Å². The van der Waals surface area contributed by atoms with E-state index in [9.17, 15) is 9.59 Å². The number of carbonyl (C=O) groups excluding carboxylic acids is 2. The fraction of sp³-hybridized carbons (Fsp3) is 0.414. The van der Waals surface area contributed by atoms with Crippen LogP contribution in [0.15, 0.2) is 65.8 Å². The first-order valence-corrected chi connectivity index (χ1v) is 14.1. The average Bonchev–Trinajstić information content (AvgIpc) is 3.31. The molecule has 37 heavy (non-hydrogen) atoms. The molecule has 3 aromatic rings. The zero-order chi connectivity index (χ0) is 25.8. The van der Waals surface area contributed by atoms with E-state index in [1.54, 1.807) is 4.90 Å². The number of thioether (sulfide) groups is 1. The summed E-state index contributed by atoms with van der Waals surface area (Å²) in [6.07, 6.45) is 5.87. The Morgan fingerprint density at radius 2 is 1.78 bits per heavy atom. The lowest BCUT2D eigenvalue weighted by atomic mass is 9.91. The van der Waals surface area contributed by atoms with Crippen LogP contribution >= 0.6 is 11.8 Å². The van der Waals surface area contributed by atoms with E-state index in [1.165, 1.54) is 22.9 Å². The van der Waals surface area contributed by atoms with Crippen LogP contribution in [0.1, 0.15) is 48.2 Å². The second kappa shape index (κ2) is 11.5. The van der Waals surface area contributed by atoms with Crippen molar-refractivity contribution < 1.29 is 9.59 Å². The van der Waals surface area contributed by atoms with Crippen LogP contribution in [0.2, 0.25) is 0 Å². The van der Waals surface area contributed by atoms with E-state index in [0.717, 1.165) is 42.0 Å². The number of fused-ring (bicyclic) bond motifs is 1. The molecule has 0 radical (unpaired) electrons. The van der Waals surface area contributed by atoms with E-state index >= 15 is 0 Å². The second-order valence-electron chi connectivity index (χ2n) is 10.2. The van der Waals surface area contributed by atoms with Gasteiger partial charge in [-0.05, 0) is 55.9 Å². The number of hydrogen-bond donors (Lipinski definition) is 2. The Morgan fingerprint density at radius 3 is 2.54 bits per heavy atom. The van der Waals surface area contributed by atoms with Gasteiger partial charge in [-0.1, -0.05) is 42.5 Å². The number of carbonyl (C=O) groups is 2. The van der Waals surface area contributed by atoms with Crippen molar-refractivity contribution in [2.24, 2.45) is 5.73 Å². The summed E-state index contributed by atoms with van der Waals surface area (Å²) in [4.78, 5) is 34.6. The predicted octanol–water partition coefficient (Wildman–Crippen LogP) is 3.67. The van der Waals surface area contributed by atoms with Crippen LogP contribution in [0.5, 0.6) is 0 Å². The molecule has 1 aliphatic heterocycles. The number of amides is 2. The van der Waals surface area contributed by atoms with Gasteiger partial charge in [-0.25, -0.2) is 4.98 Å². The molecule has 3 N–H and O–H groups in total. The van der Waals surface area contributed by atoms with Crippen molar-refractivity contribution in [3.63, 3.8) is 0 Å². The summed E-state index contributed by atoms with van der Waals surface area (Å²) in [6.45, 7) is 3.17. The number of nitrogens with one attached hydrogen (secondary N) is 1. The molecule has 2 aromatic carbocycles. The van der Waals surface area contributed by atoms with Gasteiger partial charge in [-0.3, -0.25) is 9.59 Å². The predicted molar refractivity (Wildman–Crippen MR) is 146 cm³/mol. The Hall–Kier alpha value is -3.10. The number of hydrogen-bond acceptors (Lipinski definition) is 5. The third kappa shape index (κ3) is 6.08. The van der Waals surface area contributed by atoms with Gasteiger partial charge in [0.1, 0.15) is 6.04 Å². The van der Waals surface area contributed by atoms with Gasteiger partial charge in [0.25, 0.3) is 0 Å². The second-order valence-corrected chi connectivity index (χ2v) is 11.2. The van der Waals surface area contributed by atoms with Crippen molar-refractivity contribution in [3.8, 4) is 0 Å². The highest BCUT2D eigenvalue weighted by Crippen LogP contribution is 2.27. The van der Waals surface area contributed by atoms with Crippen molar-refractivity contribution in [3.05, 3.63) is 83.4 Å². The zero-order valence-electron chi connectivity index (χ0n) is 21.3. The van der Waals surface area contributed by atoms with Crippen molar-refractivity contribution in [2.45, 2.75) is 75.1 Å². The SMILES string of the molecule is Cc1ccccc1Cn1cnc2c1CN(C(=O)CSc1ccccc1)C(C(=O)NC1CCC(N)CC1)C2. The van der Waals surface area contributed by atoms with E-state index in [2.05, 4.69) is 33.9 Å². The van der Waals surface area contributed by atoms with Gasteiger partial charge in [-0.15, -0.1) is 11.8 Å². The van der Waals surface area contributed by atoms with Crippen LogP contribution in [-0.2, 0) is 29.1 Å². The van der Waals surface area contributed by atoms with Crippen LogP contribution < -0.4 is 11.1 Å². The van der Waals surface area contributed by atoms with Gasteiger partial charge in [-0.2, -0.15) is 0 Å². The van der Waals surface area contributed by atoms with Crippen LogP contribution in [0.3, 0.4) is 0 Å². The maximum atomic E-state index is 13.6. The molecular weight excluding hydrogens is 482 g/mol. The number of imidazole rings is 1. The standard InChI is InChI=1S/C29H35N5O2S/c1-20-7-5-6-8-21(20)16-33-19-31-25-15-26(29(36)32-23-13-11-22(30)12-14-23)34(17-27(25)33)28(35)18-37-24-9-3-2-4-10-24/h2-10,19,22-23,26H,11-18,30H2,1H3,(H,32,36). The fourth-order valence-electron chi connectivity index (χ4n) is 5.28. The molecule has 0 saturated heterocycles. The summed E-state index contributed by atoms with van der Waals surface area (Å²) < 4.78 is 2.12. The smallest absolute Gasteiger partial charge is 0.243 e. The van der Waals surface area contributed by atoms with Gasteiger partial charge >= 0.3 is 0 Å². The number of nitrogens with zero attached hydrogens (tertiary/aromatic N) is 3. The molecule has 1 unspecified atom stereocenters. The van der Waals surface area contributed by atoms with Crippen molar-refractivity contribution in [2.75, 3.05) is 5.75 Å². The Labute approximate surface area is 222 Å². The Morgan fingerprint density at radius 1 is 1.05 bits per heavy atom. The van der Waals surface area contributed by atoms with Gasteiger partial charge in [0, 0.05) is 29.9 Å². The quantitative estimate of drug-likeness (QED) is 0.467. The molecular formula is C29H35N5O2S. The number of rotatable bonds is 7. The maximum absolute atomic E-state index is 13.6. The van der Waals surface area contributed by atoms with E-state index in [1.807, 2.05) is 48.8 Å². The minimum Gasteiger partial charge on any atom is -0.352 e. The Balaban J connectivity index is 1.36. The van der Waals surface area contributed by atoms with Crippen LogP contribution in [0.4, 0.5) is 0 Å². The minimum atomic E-state index is -0.561. The molecule has 1 atom stereocenters. The molecule has 1 saturated carbocycles. The summed E-state index contributed by atoms with van der Waals surface area (Å²) in [5.74, 6) is 0.166. The van der Waals surface area contributed by atoms with Crippen molar-refractivity contribution >= 4 is 23.6 Å². The molecule has 1 fully saturated rings. The molecule has 7 nitrogen and oxygen atoms in total. The highest BCUT2D eigenvalue weighted by molar-refractivity contribution is 8.00. The molecule has 0 spiro atoms. The average molecular weight is 518 g/mol. The van der Waals surface area contributed by atoms with Crippen molar-refractivity contribution in [1.82, 2.24) is 19.8 Å². The molecule has 5 rings (SSSR count). The lowest BCUT2D eigenvalue weighted by molar-refractivity contribution is -0.140. The molecule has 194 valence electrons. The lowest BCUT2D eigenvalue weighted by Crippen LogP contribution is -2.55. The van der Waals surface area contributed by atoms with E-state index < -0.39 is 6.04 Å². The van der Waals surface area contributed by atoms with Gasteiger partial charge in [0.15, 0.2) is 0 Å². The minimum absolute atomic E-state index is 0.0334. The fourth-order valence-corrected chi connectivity index (χ4v) is 6.08. The van der Waals surface area contributed by atoms with E-state index in [4.69, 9.17) is 5.73 Å². The highest BCUT2D eigenvalue weighted by Gasteiger charge is 2.37. The molecule has 1 aliphatic carbocycles. The molecule has 8 heteroatoms. The summed E-state index contributed by atoms with van der Waals surface area (Å²) in [7, 11) is 0. The van der Waals surface area contributed by atoms with Crippen molar-refractivity contribution in [1.29, 1.82) is 0 Å². The monoisotopic (exact) mass is 517 g/mol. The van der Waals surface area contributed by atoms with E-state index in [0.29, 0.717) is 19.5 Å². The van der Waals surface area contributed by atoms with E-state index in [-0.39, 0.29) is 29.7 Å². The first kappa shape index (κ1) is 25.5. The normalized spacial score (nSPS) is 21.4. The number of aromatic nitrogens is 2. The first-order chi connectivity index (χ1) is 18.0. The molecule has 2 aliphatic rings. The summed E-state index contributed by atoms with van der Waals surface area (Å²) in [6, 6.07) is 18.0. The summed E-state index contributed by atoms with van der Waals surface area (Å²) in [5, 5.41) is 3.22. The Bertz CT molecular complexity index is 1240. The van der Waals surface area contributed by atoms with Crippen LogP contribution in [-0.4, -0.2) is 50.1 Å².